The highest BCUT2D eigenvalue weighted by atomic mass is 32.2. The molecule has 0 saturated carbocycles. The summed E-state index contributed by atoms with van der Waals surface area (Å²) in [5.41, 5.74) is 0.530. The molecule has 0 heterocycles. The molecule has 0 unspecified atom stereocenters. The third kappa shape index (κ3) is 4.50. The number of anilines is 1. The summed E-state index contributed by atoms with van der Waals surface area (Å²) in [6.07, 6.45) is -0.0228. The first-order valence-corrected chi connectivity index (χ1v) is 7.76. The van der Waals surface area contributed by atoms with Gasteiger partial charge in [-0.25, -0.2) is 13.2 Å². The number of nitrogens with zero attached hydrogens (tertiary/aromatic N) is 1. The van der Waals surface area contributed by atoms with E-state index in [1.54, 1.807) is 0 Å². The maximum absolute atomic E-state index is 12.1. The van der Waals surface area contributed by atoms with Crippen LogP contribution in [0.1, 0.15) is 24.2 Å². The topological polar surface area (TPSA) is 83.9 Å². The summed E-state index contributed by atoms with van der Waals surface area (Å²) in [6, 6.07) is 5.66. The van der Waals surface area contributed by atoms with Gasteiger partial charge in [0.15, 0.2) is 0 Å². The second kappa shape index (κ2) is 6.71. The number of sulfonamides is 1. The second-order valence-corrected chi connectivity index (χ2v) is 6.67. The van der Waals surface area contributed by atoms with Gasteiger partial charge in [-0.05, 0) is 38.1 Å². The van der Waals surface area contributed by atoms with Crippen LogP contribution in [0.2, 0.25) is 0 Å². The molecule has 0 spiro atoms. The summed E-state index contributed by atoms with van der Waals surface area (Å²) in [7, 11) is -2.05. The molecule has 1 N–H and O–H groups in total. The quantitative estimate of drug-likeness (QED) is 0.826. The van der Waals surface area contributed by atoms with Crippen molar-refractivity contribution in [3.05, 3.63) is 29.8 Å². The predicted molar refractivity (Wildman–Crippen MR) is 76.7 cm³/mol. The van der Waals surface area contributed by atoms with Gasteiger partial charge in [0.05, 0.1) is 29.7 Å². The third-order valence-corrected chi connectivity index (χ3v) is 4.42. The van der Waals surface area contributed by atoms with Crippen molar-refractivity contribution in [1.29, 1.82) is 0 Å². The van der Waals surface area contributed by atoms with Crippen LogP contribution in [0.3, 0.4) is 0 Å². The molecule has 0 fully saturated rings. The molecule has 0 radical (unpaired) electrons. The van der Waals surface area contributed by atoms with Crippen LogP contribution in [0, 0.1) is 0 Å². The largest absolute Gasteiger partial charge is 0.478 e. The van der Waals surface area contributed by atoms with E-state index in [4.69, 9.17) is 9.84 Å². The zero-order valence-electron chi connectivity index (χ0n) is 11.7. The van der Waals surface area contributed by atoms with E-state index in [0.717, 1.165) is 4.31 Å². The van der Waals surface area contributed by atoms with Gasteiger partial charge in [-0.2, -0.15) is 0 Å². The molecule has 0 aliphatic carbocycles. The smallest absolute Gasteiger partial charge is 0.335 e. The fourth-order valence-electron chi connectivity index (χ4n) is 1.50. The first kappa shape index (κ1) is 16.5. The lowest BCUT2D eigenvalue weighted by Gasteiger charge is -2.20. The van der Waals surface area contributed by atoms with Crippen LogP contribution in [0.15, 0.2) is 24.3 Å². The Labute approximate surface area is 119 Å². The van der Waals surface area contributed by atoms with Gasteiger partial charge in [-0.1, -0.05) is 0 Å². The van der Waals surface area contributed by atoms with E-state index in [1.807, 2.05) is 13.8 Å². The minimum atomic E-state index is -3.48. The van der Waals surface area contributed by atoms with E-state index in [9.17, 15) is 13.2 Å². The molecule has 1 rings (SSSR count). The van der Waals surface area contributed by atoms with Gasteiger partial charge in [-0.15, -0.1) is 0 Å². The number of benzene rings is 1. The van der Waals surface area contributed by atoms with E-state index in [0.29, 0.717) is 5.69 Å². The molecular formula is C13H19NO5S. The van der Waals surface area contributed by atoms with Crippen molar-refractivity contribution >= 4 is 21.7 Å². The Balaban J connectivity index is 2.77. The Morgan fingerprint density at radius 1 is 1.30 bits per heavy atom. The zero-order valence-corrected chi connectivity index (χ0v) is 12.6. The van der Waals surface area contributed by atoms with Gasteiger partial charge in [0.25, 0.3) is 0 Å². The SMILES string of the molecule is CC(C)OCCS(=O)(=O)N(C)c1ccc(C(=O)O)cc1. The Bertz CT molecular complexity index is 551. The van der Waals surface area contributed by atoms with Gasteiger partial charge >= 0.3 is 5.97 Å². The lowest BCUT2D eigenvalue weighted by Crippen LogP contribution is -2.31. The van der Waals surface area contributed by atoms with E-state index < -0.39 is 16.0 Å². The normalized spacial score (nSPS) is 11.6. The number of carboxylic acids is 1. The number of ether oxygens (including phenoxy) is 1. The van der Waals surface area contributed by atoms with Crippen LogP contribution in [0.4, 0.5) is 5.69 Å². The lowest BCUT2D eigenvalue weighted by atomic mass is 10.2. The Kier molecular flexibility index (Phi) is 5.52. The van der Waals surface area contributed by atoms with Crippen LogP contribution in [-0.4, -0.2) is 45.0 Å². The number of carbonyl (C=O) groups is 1. The summed E-state index contributed by atoms with van der Waals surface area (Å²) < 4.78 is 30.5. The average Bonchev–Trinajstić information content (AvgIpc) is 2.37. The molecule has 6 nitrogen and oxygen atoms in total. The van der Waals surface area contributed by atoms with E-state index in [-0.39, 0.29) is 24.0 Å². The molecule has 1 aromatic rings. The standard InChI is InChI=1S/C13H19NO5S/c1-10(2)19-8-9-20(17,18)14(3)12-6-4-11(5-7-12)13(15)16/h4-7,10H,8-9H2,1-3H3,(H,15,16). The highest BCUT2D eigenvalue weighted by molar-refractivity contribution is 7.92. The number of carboxylic acid groups (broad SMARTS) is 1. The molecular weight excluding hydrogens is 282 g/mol. The zero-order chi connectivity index (χ0) is 15.3. The Morgan fingerprint density at radius 3 is 2.30 bits per heavy atom. The first-order valence-electron chi connectivity index (χ1n) is 6.15. The fraction of sp³-hybridized carbons (Fsp3) is 0.462. The summed E-state index contributed by atoms with van der Waals surface area (Å²) in [5, 5.41) is 8.79. The molecule has 0 saturated heterocycles. The number of hydrogen-bond donors (Lipinski definition) is 1. The van der Waals surface area contributed by atoms with Crippen LogP contribution in [-0.2, 0) is 14.8 Å². The number of aromatic carboxylic acids is 1. The third-order valence-electron chi connectivity index (χ3n) is 2.69. The van der Waals surface area contributed by atoms with Crippen LogP contribution >= 0.6 is 0 Å². The average molecular weight is 301 g/mol. The van der Waals surface area contributed by atoms with Crippen molar-refractivity contribution in [2.24, 2.45) is 0 Å². The molecule has 0 aliphatic rings. The van der Waals surface area contributed by atoms with Gasteiger partial charge in [-0.3, -0.25) is 4.31 Å². The minimum Gasteiger partial charge on any atom is -0.478 e. The molecule has 112 valence electrons. The lowest BCUT2D eigenvalue weighted by molar-refractivity contribution is 0.0697. The molecule has 0 aromatic heterocycles. The molecule has 0 atom stereocenters. The molecule has 0 bridgehead atoms. The Hall–Kier alpha value is -1.60. The van der Waals surface area contributed by atoms with Gasteiger partial charge in [0.1, 0.15) is 0 Å². The van der Waals surface area contributed by atoms with Crippen LogP contribution in [0.25, 0.3) is 0 Å². The fourth-order valence-corrected chi connectivity index (χ4v) is 2.52. The monoisotopic (exact) mass is 301 g/mol. The molecule has 0 amide bonds. The summed E-state index contributed by atoms with van der Waals surface area (Å²) in [5.74, 6) is -1.17. The molecule has 7 heteroatoms. The summed E-state index contributed by atoms with van der Waals surface area (Å²) in [4.78, 5) is 10.7. The van der Waals surface area contributed by atoms with Crippen molar-refractivity contribution in [1.82, 2.24) is 0 Å². The van der Waals surface area contributed by atoms with Crippen molar-refractivity contribution < 1.29 is 23.1 Å². The Morgan fingerprint density at radius 2 is 1.85 bits per heavy atom. The van der Waals surface area contributed by atoms with Gasteiger partial charge < -0.3 is 9.84 Å². The van der Waals surface area contributed by atoms with Crippen molar-refractivity contribution in [3.8, 4) is 0 Å². The first-order chi connectivity index (χ1) is 9.24. The summed E-state index contributed by atoms with van der Waals surface area (Å²) >= 11 is 0. The van der Waals surface area contributed by atoms with Crippen LogP contribution in [0.5, 0.6) is 0 Å². The number of hydrogen-bond acceptors (Lipinski definition) is 4. The minimum absolute atomic E-state index is 0.0228. The number of rotatable bonds is 7. The van der Waals surface area contributed by atoms with E-state index in [2.05, 4.69) is 0 Å². The molecule has 0 aliphatic heterocycles. The predicted octanol–water partition coefficient (Wildman–Crippen LogP) is 1.58. The van der Waals surface area contributed by atoms with Crippen molar-refractivity contribution in [3.63, 3.8) is 0 Å². The van der Waals surface area contributed by atoms with Crippen molar-refractivity contribution in [2.75, 3.05) is 23.7 Å². The van der Waals surface area contributed by atoms with Gasteiger partial charge in [0.2, 0.25) is 10.0 Å². The molecule has 1 aromatic carbocycles. The van der Waals surface area contributed by atoms with Crippen LogP contribution < -0.4 is 4.31 Å². The van der Waals surface area contributed by atoms with Crippen molar-refractivity contribution in [2.45, 2.75) is 20.0 Å². The summed E-state index contributed by atoms with van der Waals surface area (Å²) in [6.45, 7) is 3.79. The van der Waals surface area contributed by atoms with Gasteiger partial charge in [0, 0.05) is 7.05 Å². The second-order valence-electron chi connectivity index (χ2n) is 4.56. The molecule has 20 heavy (non-hydrogen) atoms. The van der Waals surface area contributed by atoms with E-state index >= 15 is 0 Å². The maximum atomic E-state index is 12.1. The maximum Gasteiger partial charge on any atom is 0.335 e. The highest BCUT2D eigenvalue weighted by Gasteiger charge is 2.18. The van der Waals surface area contributed by atoms with E-state index in [1.165, 1.54) is 31.3 Å². The highest BCUT2D eigenvalue weighted by Crippen LogP contribution is 2.17.